The number of hydrogen-bond acceptors (Lipinski definition) is 5. The summed E-state index contributed by atoms with van der Waals surface area (Å²) in [6.07, 6.45) is -1.61. The molecule has 0 spiro atoms. The van der Waals surface area contributed by atoms with Gasteiger partial charge < -0.3 is 25.6 Å². The Bertz CT molecular complexity index is 646. The van der Waals surface area contributed by atoms with Gasteiger partial charge >= 0.3 is 18.0 Å². The second kappa shape index (κ2) is 10.0. The van der Waals surface area contributed by atoms with Gasteiger partial charge in [-0.3, -0.25) is 9.59 Å². The van der Waals surface area contributed by atoms with Crippen LogP contribution in [0, 0.1) is 5.92 Å². The van der Waals surface area contributed by atoms with Gasteiger partial charge in [-0.25, -0.2) is 9.59 Å². The maximum absolute atomic E-state index is 12.3. The quantitative estimate of drug-likeness (QED) is 0.510. The van der Waals surface area contributed by atoms with Gasteiger partial charge in [0.1, 0.15) is 18.7 Å². The molecule has 9 heteroatoms. The molecule has 0 aliphatic rings. The first kappa shape index (κ1) is 20.9. The molecule has 0 aliphatic heterocycles. The van der Waals surface area contributed by atoms with Gasteiger partial charge in [-0.05, 0) is 11.5 Å². The van der Waals surface area contributed by atoms with Crippen LogP contribution in [0.4, 0.5) is 4.79 Å². The SMILES string of the molecule is CC(C)[C@@H](NC(=O)OCc1ccccc1)C(=O)N[C@@H](CC(=O)O)C(=O)O. The molecule has 0 heterocycles. The lowest BCUT2D eigenvalue weighted by Crippen LogP contribution is -2.54. The smallest absolute Gasteiger partial charge is 0.408 e. The molecule has 0 fully saturated rings. The van der Waals surface area contributed by atoms with Gasteiger partial charge in [0, 0.05) is 0 Å². The standard InChI is InChI=1S/C17H22N2O7/c1-10(2)14(15(22)18-12(16(23)24)8-13(20)21)19-17(25)26-9-11-6-4-3-5-7-11/h3-7,10,12,14H,8-9H2,1-2H3,(H,18,22)(H,19,25)(H,20,21)(H,23,24)/t12-,14+/m0/s1. The summed E-state index contributed by atoms with van der Waals surface area (Å²) in [5, 5.41) is 22.2. The second-order valence-electron chi connectivity index (χ2n) is 5.93. The van der Waals surface area contributed by atoms with E-state index in [4.69, 9.17) is 14.9 Å². The minimum Gasteiger partial charge on any atom is -0.481 e. The third-order valence-electron chi connectivity index (χ3n) is 3.43. The summed E-state index contributed by atoms with van der Waals surface area (Å²) < 4.78 is 5.04. The zero-order valence-corrected chi connectivity index (χ0v) is 14.5. The van der Waals surface area contributed by atoms with E-state index in [1.54, 1.807) is 38.1 Å². The molecule has 9 nitrogen and oxygen atoms in total. The molecule has 0 aliphatic carbocycles. The van der Waals surface area contributed by atoms with E-state index in [0.717, 1.165) is 5.56 Å². The van der Waals surface area contributed by atoms with E-state index in [2.05, 4.69) is 10.6 Å². The minimum absolute atomic E-state index is 0.00979. The summed E-state index contributed by atoms with van der Waals surface area (Å²) >= 11 is 0. The summed E-state index contributed by atoms with van der Waals surface area (Å²) in [4.78, 5) is 45.9. The van der Waals surface area contributed by atoms with Gasteiger partial charge in [0.25, 0.3) is 0 Å². The predicted molar refractivity (Wildman–Crippen MR) is 90.2 cm³/mol. The van der Waals surface area contributed by atoms with Crippen molar-refractivity contribution in [2.24, 2.45) is 5.92 Å². The molecule has 0 aromatic heterocycles. The molecule has 0 saturated heterocycles. The van der Waals surface area contributed by atoms with Crippen molar-refractivity contribution in [3.05, 3.63) is 35.9 Å². The number of benzene rings is 1. The molecule has 2 atom stereocenters. The fourth-order valence-corrected chi connectivity index (χ4v) is 2.06. The molecule has 1 rings (SSSR count). The Balaban J connectivity index is 2.65. The van der Waals surface area contributed by atoms with Crippen LogP contribution in [0.3, 0.4) is 0 Å². The fraction of sp³-hybridized carbons (Fsp3) is 0.412. The van der Waals surface area contributed by atoms with E-state index < -0.39 is 42.4 Å². The number of carbonyl (C=O) groups excluding carboxylic acids is 2. The first-order valence-corrected chi connectivity index (χ1v) is 7.93. The number of ether oxygens (including phenoxy) is 1. The van der Waals surface area contributed by atoms with Crippen LogP contribution in [0.25, 0.3) is 0 Å². The topological polar surface area (TPSA) is 142 Å². The Kier molecular flexibility index (Phi) is 8.07. The number of carboxylic acid groups (broad SMARTS) is 2. The molecule has 1 aromatic rings. The molecule has 142 valence electrons. The molecule has 0 bridgehead atoms. The lowest BCUT2D eigenvalue weighted by Gasteiger charge is -2.23. The third-order valence-corrected chi connectivity index (χ3v) is 3.43. The van der Waals surface area contributed by atoms with Crippen molar-refractivity contribution in [1.82, 2.24) is 10.6 Å². The van der Waals surface area contributed by atoms with Crippen molar-refractivity contribution in [1.29, 1.82) is 0 Å². The van der Waals surface area contributed by atoms with Crippen molar-refractivity contribution in [2.75, 3.05) is 0 Å². The highest BCUT2D eigenvalue weighted by Crippen LogP contribution is 2.06. The average Bonchev–Trinajstić information content (AvgIpc) is 2.57. The molecule has 26 heavy (non-hydrogen) atoms. The number of amides is 2. The predicted octanol–water partition coefficient (Wildman–Crippen LogP) is 0.981. The largest absolute Gasteiger partial charge is 0.481 e. The van der Waals surface area contributed by atoms with Crippen LogP contribution in [0.15, 0.2) is 30.3 Å². The van der Waals surface area contributed by atoms with Gasteiger partial charge in [-0.2, -0.15) is 0 Å². The molecule has 2 amide bonds. The van der Waals surface area contributed by atoms with E-state index in [1.165, 1.54) is 0 Å². The molecular formula is C17H22N2O7. The highest BCUT2D eigenvalue weighted by atomic mass is 16.5. The van der Waals surface area contributed by atoms with Crippen LogP contribution in [0.2, 0.25) is 0 Å². The van der Waals surface area contributed by atoms with Gasteiger partial charge in [-0.15, -0.1) is 0 Å². The van der Waals surface area contributed by atoms with Crippen molar-refractivity contribution < 1.29 is 34.1 Å². The summed E-state index contributed by atoms with van der Waals surface area (Å²) in [5.41, 5.74) is 0.764. The molecule has 0 unspecified atom stereocenters. The lowest BCUT2D eigenvalue weighted by atomic mass is 10.0. The zero-order chi connectivity index (χ0) is 19.7. The van der Waals surface area contributed by atoms with Crippen molar-refractivity contribution in [2.45, 2.75) is 39.0 Å². The Morgan fingerprint density at radius 2 is 1.65 bits per heavy atom. The highest BCUT2D eigenvalue weighted by molar-refractivity contribution is 5.91. The van der Waals surface area contributed by atoms with Gasteiger partial charge in [-0.1, -0.05) is 44.2 Å². The van der Waals surface area contributed by atoms with E-state index in [0.29, 0.717) is 0 Å². The van der Waals surface area contributed by atoms with E-state index in [1.807, 2.05) is 6.07 Å². The van der Waals surface area contributed by atoms with Crippen LogP contribution in [-0.4, -0.2) is 46.2 Å². The lowest BCUT2D eigenvalue weighted by molar-refractivity contribution is -0.147. The Labute approximate surface area is 150 Å². The van der Waals surface area contributed by atoms with Crippen molar-refractivity contribution in [3.63, 3.8) is 0 Å². The fourth-order valence-electron chi connectivity index (χ4n) is 2.06. The Hall–Kier alpha value is -3.10. The summed E-state index contributed by atoms with van der Waals surface area (Å²) in [5.74, 6) is -4.02. The summed E-state index contributed by atoms with van der Waals surface area (Å²) in [6.45, 7) is 3.30. The average molecular weight is 366 g/mol. The molecule has 1 aromatic carbocycles. The summed E-state index contributed by atoms with van der Waals surface area (Å²) in [7, 11) is 0. The molecular weight excluding hydrogens is 344 g/mol. The molecule has 0 radical (unpaired) electrons. The number of alkyl carbamates (subject to hydrolysis) is 1. The zero-order valence-electron chi connectivity index (χ0n) is 14.5. The number of nitrogens with one attached hydrogen (secondary N) is 2. The normalized spacial score (nSPS) is 12.7. The number of carboxylic acids is 2. The van der Waals surface area contributed by atoms with Crippen LogP contribution in [0.5, 0.6) is 0 Å². The van der Waals surface area contributed by atoms with Crippen molar-refractivity contribution in [3.8, 4) is 0 Å². The molecule has 4 N–H and O–H groups in total. The highest BCUT2D eigenvalue weighted by Gasteiger charge is 2.30. The van der Waals surface area contributed by atoms with E-state index >= 15 is 0 Å². The minimum atomic E-state index is -1.59. The maximum atomic E-state index is 12.3. The van der Waals surface area contributed by atoms with Gasteiger partial charge in [0.2, 0.25) is 5.91 Å². The number of hydrogen-bond donors (Lipinski definition) is 4. The third kappa shape index (κ3) is 7.20. The van der Waals surface area contributed by atoms with E-state index in [9.17, 15) is 19.2 Å². The number of carbonyl (C=O) groups is 4. The number of aliphatic carboxylic acids is 2. The van der Waals surface area contributed by atoms with Gasteiger partial charge in [0.15, 0.2) is 0 Å². The Morgan fingerprint density at radius 1 is 1.04 bits per heavy atom. The Morgan fingerprint density at radius 3 is 2.15 bits per heavy atom. The van der Waals surface area contributed by atoms with Crippen LogP contribution >= 0.6 is 0 Å². The van der Waals surface area contributed by atoms with Crippen LogP contribution in [-0.2, 0) is 25.7 Å². The van der Waals surface area contributed by atoms with Crippen LogP contribution in [0.1, 0.15) is 25.8 Å². The summed E-state index contributed by atoms with van der Waals surface area (Å²) in [6, 6.07) is 6.26. The first-order chi connectivity index (χ1) is 12.2. The second-order valence-corrected chi connectivity index (χ2v) is 5.93. The monoisotopic (exact) mass is 366 g/mol. The molecule has 0 saturated carbocycles. The first-order valence-electron chi connectivity index (χ1n) is 7.93. The van der Waals surface area contributed by atoms with E-state index in [-0.39, 0.29) is 12.5 Å². The van der Waals surface area contributed by atoms with Crippen LogP contribution < -0.4 is 10.6 Å². The number of rotatable bonds is 9. The maximum Gasteiger partial charge on any atom is 0.408 e. The van der Waals surface area contributed by atoms with Gasteiger partial charge in [0.05, 0.1) is 6.42 Å². The van der Waals surface area contributed by atoms with Crippen molar-refractivity contribution >= 4 is 23.9 Å².